The molecule has 2 atom stereocenters. The van der Waals surface area contributed by atoms with Crippen LogP contribution in [-0.4, -0.2) is 34.6 Å². The third-order valence-electron chi connectivity index (χ3n) is 5.78. The summed E-state index contributed by atoms with van der Waals surface area (Å²) in [6.45, 7) is 1.73. The van der Waals surface area contributed by atoms with E-state index in [1.165, 1.54) is 18.2 Å². The Bertz CT molecular complexity index is 1000. The minimum atomic E-state index is -4.74. The van der Waals surface area contributed by atoms with E-state index >= 15 is 0 Å². The van der Waals surface area contributed by atoms with Gasteiger partial charge in [0, 0.05) is 24.7 Å². The number of alkyl halides is 3. The number of hydrogen-bond acceptors (Lipinski definition) is 4. The van der Waals surface area contributed by atoms with Gasteiger partial charge in [-0.3, -0.25) is 0 Å². The predicted molar refractivity (Wildman–Crippen MR) is 100 cm³/mol. The van der Waals surface area contributed by atoms with Crippen LogP contribution in [0.1, 0.15) is 29.9 Å². The number of anilines is 1. The van der Waals surface area contributed by atoms with Crippen molar-refractivity contribution >= 4 is 15.5 Å². The molecule has 0 aliphatic carbocycles. The lowest BCUT2D eigenvalue weighted by atomic mass is 9.91. The third-order valence-corrected chi connectivity index (χ3v) is 7.59. The Morgan fingerprint density at radius 3 is 2.54 bits per heavy atom. The van der Waals surface area contributed by atoms with Gasteiger partial charge in [-0.1, -0.05) is 12.1 Å². The number of fused-ring (bicyclic) bond motifs is 3. The molecule has 0 aromatic heterocycles. The Morgan fingerprint density at radius 1 is 1.07 bits per heavy atom. The molecule has 4 rings (SSSR count). The molecule has 2 aromatic carbocycles. The van der Waals surface area contributed by atoms with Crippen LogP contribution in [0.2, 0.25) is 0 Å². The van der Waals surface area contributed by atoms with Gasteiger partial charge in [0.05, 0.1) is 15.4 Å². The molecule has 0 unspecified atom stereocenters. The first-order valence-corrected chi connectivity index (χ1v) is 10.7. The number of hydrogen-bond donors (Lipinski definition) is 1. The summed E-state index contributed by atoms with van der Waals surface area (Å²) in [5.74, 6) is 0.169. The summed E-state index contributed by atoms with van der Waals surface area (Å²) in [5, 5.41) is 3.35. The third kappa shape index (κ3) is 3.08. The smallest absolute Gasteiger partial charge is 0.371 e. The molecule has 1 fully saturated rings. The number of halogens is 3. The molecule has 28 heavy (non-hydrogen) atoms. The monoisotopic (exact) mass is 410 g/mol. The summed E-state index contributed by atoms with van der Waals surface area (Å²) in [4.78, 5) is 1.37. The summed E-state index contributed by atoms with van der Waals surface area (Å²) in [6, 6.07) is 9.33. The van der Waals surface area contributed by atoms with Gasteiger partial charge in [-0.25, -0.2) is 8.42 Å². The van der Waals surface area contributed by atoms with Gasteiger partial charge in [-0.2, -0.15) is 13.2 Å². The lowest BCUT2D eigenvalue weighted by molar-refractivity contribution is -0.139. The van der Waals surface area contributed by atoms with Crippen molar-refractivity contribution in [1.82, 2.24) is 5.32 Å². The van der Waals surface area contributed by atoms with Gasteiger partial charge >= 0.3 is 6.18 Å². The Morgan fingerprint density at radius 2 is 1.79 bits per heavy atom. The van der Waals surface area contributed by atoms with E-state index in [-0.39, 0.29) is 16.9 Å². The molecule has 0 spiro atoms. The van der Waals surface area contributed by atoms with E-state index < -0.39 is 26.5 Å². The lowest BCUT2D eigenvalue weighted by Crippen LogP contribution is -2.30. The topological polar surface area (TPSA) is 49.4 Å². The summed E-state index contributed by atoms with van der Waals surface area (Å²) >= 11 is 0. The van der Waals surface area contributed by atoms with Crippen LogP contribution in [0.5, 0.6) is 0 Å². The van der Waals surface area contributed by atoms with Crippen molar-refractivity contribution in [2.24, 2.45) is 0 Å². The lowest BCUT2D eigenvalue weighted by Gasteiger charge is -2.24. The molecule has 0 radical (unpaired) electrons. The number of benzene rings is 2. The minimum absolute atomic E-state index is 0.0887. The van der Waals surface area contributed by atoms with E-state index in [4.69, 9.17) is 0 Å². The van der Waals surface area contributed by atoms with E-state index in [1.54, 1.807) is 12.1 Å². The van der Waals surface area contributed by atoms with Crippen molar-refractivity contribution in [3.63, 3.8) is 0 Å². The molecule has 0 bridgehead atoms. The van der Waals surface area contributed by atoms with Crippen molar-refractivity contribution in [3.8, 4) is 0 Å². The van der Waals surface area contributed by atoms with Crippen molar-refractivity contribution in [1.29, 1.82) is 0 Å². The highest BCUT2D eigenvalue weighted by Crippen LogP contribution is 2.45. The van der Waals surface area contributed by atoms with Crippen LogP contribution < -0.4 is 10.2 Å². The van der Waals surface area contributed by atoms with E-state index in [0.29, 0.717) is 0 Å². The zero-order valence-corrected chi connectivity index (χ0v) is 16.1. The summed E-state index contributed by atoms with van der Waals surface area (Å²) in [7, 11) is -2.30. The van der Waals surface area contributed by atoms with Crippen molar-refractivity contribution < 1.29 is 21.6 Å². The number of nitrogens with zero attached hydrogens (tertiary/aromatic N) is 1. The maximum atomic E-state index is 13.4. The van der Waals surface area contributed by atoms with E-state index in [1.807, 2.05) is 7.05 Å². The zero-order valence-electron chi connectivity index (χ0n) is 15.3. The second-order valence-electron chi connectivity index (χ2n) is 7.33. The number of likely N-dealkylation sites (N-methyl/N-ethyl adjacent to an activating group) is 1. The molecule has 8 heteroatoms. The van der Waals surface area contributed by atoms with Crippen LogP contribution in [0, 0.1) is 0 Å². The Hall–Kier alpha value is -2.06. The molecule has 1 N–H and O–H groups in total. The standard InChI is InChI=1S/C20H21F3N2O2S/c1-25-17-7-6-13(12-15(17)14-8-10-24-11-9-18(14)25)28(26,27)19-5-3-2-4-16(19)20(21,22)23/h2-7,12,14,18,24H,8-11H2,1H3/t14-,18-/m1/s1. The average molecular weight is 410 g/mol. The first kappa shape index (κ1) is 19.3. The molecule has 2 heterocycles. The van der Waals surface area contributed by atoms with Gasteiger partial charge < -0.3 is 10.2 Å². The predicted octanol–water partition coefficient (Wildman–Crippen LogP) is 3.82. The van der Waals surface area contributed by atoms with Gasteiger partial charge in [-0.05, 0) is 61.8 Å². The second kappa shape index (κ2) is 6.77. The summed E-state index contributed by atoms with van der Waals surface area (Å²) in [6.07, 6.45) is -2.93. The number of rotatable bonds is 2. The molecular weight excluding hydrogens is 389 g/mol. The molecule has 0 amide bonds. The largest absolute Gasteiger partial charge is 0.417 e. The van der Waals surface area contributed by atoms with Gasteiger partial charge in [-0.15, -0.1) is 0 Å². The first-order chi connectivity index (χ1) is 13.2. The highest BCUT2D eigenvalue weighted by molar-refractivity contribution is 7.91. The van der Waals surface area contributed by atoms with Crippen LogP contribution in [-0.2, 0) is 16.0 Å². The maximum absolute atomic E-state index is 13.4. The van der Waals surface area contributed by atoms with Crippen LogP contribution in [0.4, 0.5) is 18.9 Å². The fourth-order valence-electron chi connectivity index (χ4n) is 4.41. The fraction of sp³-hybridized carbons (Fsp3) is 0.400. The fourth-order valence-corrected chi connectivity index (χ4v) is 5.93. The number of nitrogens with one attached hydrogen (secondary N) is 1. The van der Waals surface area contributed by atoms with Gasteiger partial charge in [0.1, 0.15) is 0 Å². The number of sulfone groups is 1. The molecule has 150 valence electrons. The SMILES string of the molecule is CN1c2ccc(S(=O)(=O)c3ccccc3C(F)(F)F)cc2[C@H]2CCNCC[C@H]21. The van der Waals surface area contributed by atoms with Gasteiger partial charge in [0.2, 0.25) is 9.84 Å². The molecule has 2 aromatic rings. The van der Waals surface area contributed by atoms with Crippen molar-refractivity contribution in [3.05, 3.63) is 53.6 Å². The second-order valence-corrected chi connectivity index (χ2v) is 9.25. The summed E-state index contributed by atoms with van der Waals surface area (Å²) in [5.41, 5.74) is 0.728. The zero-order chi connectivity index (χ0) is 20.1. The van der Waals surface area contributed by atoms with Crippen molar-refractivity contribution in [2.75, 3.05) is 25.0 Å². The molecule has 1 saturated heterocycles. The molecule has 0 saturated carbocycles. The van der Waals surface area contributed by atoms with Gasteiger partial charge in [0.25, 0.3) is 0 Å². The van der Waals surface area contributed by atoms with Crippen LogP contribution in [0.25, 0.3) is 0 Å². The van der Waals surface area contributed by atoms with E-state index in [2.05, 4.69) is 10.2 Å². The highest BCUT2D eigenvalue weighted by atomic mass is 32.2. The first-order valence-electron chi connectivity index (χ1n) is 9.20. The van der Waals surface area contributed by atoms with Crippen LogP contribution >= 0.6 is 0 Å². The van der Waals surface area contributed by atoms with Crippen LogP contribution in [0.15, 0.2) is 52.3 Å². The normalized spacial score (nSPS) is 22.5. The van der Waals surface area contributed by atoms with Crippen LogP contribution in [0.3, 0.4) is 0 Å². The van der Waals surface area contributed by atoms with Gasteiger partial charge in [0.15, 0.2) is 0 Å². The van der Waals surface area contributed by atoms with Crippen molar-refractivity contribution in [2.45, 2.75) is 40.8 Å². The molecular formula is C20H21F3N2O2S. The minimum Gasteiger partial charge on any atom is -0.371 e. The molecule has 2 aliphatic rings. The highest BCUT2D eigenvalue weighted by Gasteiger charge is 2.40. The van der Waals surface area contributed by atoms with E-state index in [0.717, 1.165) is 49.3 Å². The summed E-state index contributed by atoms with van der Waals surface area (Å²) < 4.78 is 66.2. The average Bonchev–Trinajstić information content (AvgIpc) is 2.81. The molecule has 2 aliphatic heterocycles. The Labute approximate surface area is 162 Å². The van der Waals surface area contributed by atoms with E-state index in [9.17, 15) is 21.6 Å². The Balaban J connectivity index is 1.81. The molecule has 4 nitrogen and oxygen atoms in total. The maximum Gasteiger partial charge on any atom is 0.417 e. The Kier molecular flexibility index (Phi) is 4.66. The quantitative estimate of drug-likeness (QED) is 0.818.